The maximum Gasteiger partial charge on any atom is 0.256 e. The number of carbonyl (C=O) groups excluding carboxylic acids is 1. The van der Waals surface area contributed by atoms with Gasteiger partial charge in [-0.1, -0.05) is 27.5 Å². The Morgan fingerprint density at radius 3 is 2.72 bits per heavy atom. The zero-order valence-corrected chi connectivity index (χ0v) is 12.9. The first-order valence-corrected chi connectivity index (χ1v) is 6.90. The van der Waals surface area contributed by atoms with Crippen molar-refractivity contribution in [2.45, 2.75) is 0 Å². The van der Waals surface area contributed by atoms with Gasteiger partial charge in [0.05, 0.1) is 22.5 Å². The highest BCUT2D eigenvalue weighted by molar-refractivity contribution is 9.11. The molecule has 0 aliphatic rings. The third-order valence-corrected chi connectivity index (χ3v) is 3.67. The molecule has 0 fully saturated rings. The number of hydrogen-bond donors (Lipinski definition) is 1. The lowest BCUT2D eigenvalue weighted by Crippen LogP contribution is -2.13. The van der Waals surface area contributed by atoms with Crippen molar-refractivity contribution in [3.8, 4) is 0 Å². The minimum absolute atomic E-state index is 0.246. The fourth-order valence-corrected chi connectivity index (χ4v) is 2.71. The summed E-state index contributed by atoms with van der Waals surface area (Å²) < 4.78 is 1.60. The number of carbonyl (C=O) groups is 1. The summed E-state index contributed by atoms with van der Waals surface area (Å²) in [4.78, 5) is 16.0. The number of rotatable bonds is 2. The Morgan fingerprint density at radius 1 is 1.28 bits per heavy atom. The minimum atomic E-state index is -0.246. The second-order valence-corrected chi connectivity index (χ2v) is 5.61. The molecule has 0 spiro atoms. The summed E-state index contributed by atoms with van der Waals surface area (Å²) in [6, 6.07) is 6.94. The smallest absolute Gasteiger partial charge is 0.256 e. The van der Waals surface area contributed by atoms with E-state index in [0.717, 1.165) is 4.47 Å². The number of pyridine rings is 1. The van der Waals surface area contributed by atoms with Crippen molar-refractivity contribution in [2.75, 3.05) is 5.32 Å². The van der Waals surface area contributed by atoms with Crippen LogP contribution in [-0.2, 0) is 0 Å². The quantitative estimate of drug-likeness (QED) is 0.820. The van der Waals surface area contributed by atoms with E-state index in [1.165, 1.54) is 6.20 Å². The van der Waals surface area contributed by atoms with Gasteiger partial charge in [0.2, 0.25) is 0 Å². The molecule has 0 saturated carbocycles. The van der Waals surface area contributed by atoms with E-state index in [1.807, 2.05) is 0 Å². The van der Waals surface area contributed by atoms with Crippen LogP contribution in [0.5, 0.6) is 0 Å². The fourth-order valence-electron chi connectivity index (χ4n) is 1.33. The number of benzene rings is 1. The number of aromatic nitrogens is 1. The van der Waals surface area contributed by atoms with Gasteiger partial charge in [-0.3, -0.25) is 9.78 Å². The van der Waals surface area contributed by atoms with E-state index in [-0.39, 0.29) is 5.91 Å². The monoisotopic (exact) mass is 388 g/mol. The Hall–Kier alpha value is -0.910. The highest BCUT2D eigenvalue weighted by Crippen LogP contribution is 2.24. The predicted octanol–water partition coefficient (Wildman–Crippen LogP) is 4.51. The van der Waals surface area contributed by atoms with Crippen LogP contribution in [0.15, 0.2) is 45.6 Å². The second kappa shape index (κ2) is 5.82. The zero-order valence-electron chi connectivity index (χ0n) is 8.95. The average Bonchev–Trinajstić information content (AvgIpc) is 2.32. The standard InChI is InChI=1S/C12H7Br2ClN2O/c13-7-1-2-8(9(14)5-7)12(18)17-11-6-16-4-3-10(11)15/h1-6H,(H,17,18). The lowest BCUT2D eigenvalue weighted by molar-refractivity contribution is 0.102. The molecule has 0 atom stereocenters. The lowest BCUT2D eigenvalue weighted by atomic mass is 10.2. The molecule has 1 amide bonds. The van der Waals surface area contributed by atoms with Crippen LogP contribution in [0.2, 0.25) is 5.02 Å². The molecule has 0 unspecified atom stereocenters. The van der Waals surface area contributed by atoms with E-state index < -0.39 is 0 Å². The number of amides is 1. The summed E-state index contributed by atoms with van der Waals surface area (Å²) in [5.41, 5.74) is 1.01. The van der Waals surface area contributed by atoms with Crippen molar-refractivity contribution in [3.05, 3.63) is 56.2 Å². The molecule has 1 aromatic heterocycles. The van der Waals surface area contributed by atoms with Crippen molar-refractivity contribution in [2.24, 2.45) is 0 Å². The molecule has 0 saturated heterocycles. The molecule has 2 rings (SSSR count). The van der Waals surface area contributed by atoms with Crippen molar-refractivity contribution in [3.63, 3.8) is 0 Å². The summed E-state index contributed by atoms with van der Waals surface area (Å²) in [7, 11) is 0. The van der Waals surface area contributed by atoms with Gasteiger partial charge in [-0.05, 0) is 40.2 Å². The van der Waals surface area contributed by atoms with Crippen LogP contribution in [0.25, 0.3) is 0 Å². The molecule has 0 bridgehead atoms. The number of anilines is 1. The molecule has 0 aliphatic carbocycles. The van der Waals surface area contributed by atoms with E-state index in [0.29, 0.717) is 20.7 Å². The highest BCUT2D eigenvalue weighted by Gasteiger charge is 2.11. The van der Waals surface area contributed by atoms with Gasteiger partial charge in [-0.15, -0.1) is 0 Å². The van der Waals surface area contributed by atoms with Gasteiger partial charge in [0, 0.05) is 15.1 Å². The molecule has 3 nitrogen and oxygen atoms in total. The predicted molar refractivity (Wildman–Crippen MR) is 79.0 cm³/mol. The molecule has 6 heteroatoms. The van der Waals surface area contributed by atoms with Crippen molar-refractivity contribution >= 4 is 55.1 Å². The van der Waals surface area contributed by atoms with Gasteiger partial charge in [-0.25, -0.2) is 0 Å². The summed E-state index contributed by atoms with van der Waals surface area (Å²) in [5.74, 6) is -0.246. The van der Waals surface area contributed by atoms with Crippen molar-refractivity contribution in [1.82, 2.24) is 4.98 Å². The molecule has 2 aromatic rings. The second-order valence-electron chi connectivity index (χ2n) is 3.43. The van der Waals surface area contributed by atoms with Crippen LogP contribution in [0.1, 0.15) is 10.4 Å². The van der Waals surface area contributed by atoms with Gasteiger partial charge < -0.3 is 5.32 Å². The van der Waals surface area contributed by atoms with Gasteiger partial charge in [0.1, 0.15) is 0 Å². The van der Waals surface area contributed by atoms with Crippen molar-refractivity contribution in [1.29, 1.82) is 0 Å². The first-order valence-electron chi connectivity index (χ1n) is 4.94. The molecule has 1 N–H and O–H groups in total. The first kappa shape index (κ1) is 13.5. The van der Waals surface area contributed by atoms with E-state index in [9.17, 15) is 4.79 Å². The molecular weight excluding hydrogens is 383 g/mol. The number of nitrogens with one attached hydrogen (secondary N) is 1. The van der Waals surface area contributed by atoms with E-state index in [1.54, 1.807) is 30.5 Å². The molecule has 92 valence electrons. The normalized spacial score (nSPS) is 10.2. The molecule has 0 aliphatic heterocycles. The Labute approximate surface area is 126 Å². The summed E-state index contributed by atoms with van der Waals surface area (Å²) in [6.45, 7) is 0. The maximum absolute atomic E-state index is 12.1. The van der Waals surface area contributed by atoms with Crippen LogP contribution in [0.3, 0.4) is 0 Å². The average molecular weight is 390 g/mol. The van der Waals surface area contributed by atoms with Gasteiger partial charge in [-0.2, -0.15) is 0 Å². The highest BCUT2D eigenvalue weighted by atomic mass is 79.9. The molecule has 0 radical (unpaired) electrons. The molecule has 1 aromatic carbocycles. The molecular formula is C12H7Br2ClN2O. The van der Waals surface area contributed by atoms with Crippen LogP contribution in [0.4, 0.5) is 5.69 Å². The van der Waals surface area contributed by atoms with Crippen LogP contribution >= 0.6 is 43.5 Å². The Balaban J connectivity index is 2.25. The third-order valence-electron chi connectivity index (χ3n) is 2.19. The Kier molecular flexibility index (Phi) is 4.37. The van der Waals surface area contributed by atoms with Crippen molar-refractivity contribution < 1.29 is 4.79 Å². The first-order chi connectivity index (χ1) is 8.58. The van der Waals surface area contributed by atoms with E-state index in [4.69, 9.17) is 11.6 Å². The topological polar surface area (TPSA) is 42.0 Å². The van der Waals surface area contributed by atoms with Crippen LogP contribution < -0.4 is 5.32 Å². The number of nitrogens with zero attached hydrogens (tertiary/aromatic N) is 1. The number of halogens is 3. The van der Waals surface area contributed by atoms with Gasteiger partial charge >= 0.3 is 0 Å². The van der Waals surface area contributed by atoms with E-state index in [2.05, 4.69) is 42.2 Å². The third kappa shape index (κ3) is 3.10. The largest absolute Gasteiger partial charge is 0.319 e. The fraction of sp³-hybridized carbons (Fsp3) is 0. The van der Waals surface area contributed by atoms with E-state index >= 15 is 0 Å². The minimum Gasteiger partial charge on any atom is -0.319 e. The number of hydrogen-bond acceptors (Lipinski definition) is 2. The molecule has 1 heterocycles. The lowest BCUT2D eigenvalue weighted by Gasteiger charge is -2.08. The Morgan fingerprint density at radius 2 is 2.06 bits per heavy atom. The Bertz CT molecular complexity index is 604. The zero-order chi connectivity index (χ0) is 13.1. The van der Waals surface area contributed by atoms with Gasteiger partial charge in [0.25, 0.3) is 5.91 Å². The molecule has 18 heavy (non-hydrogen) atoms. The maximum atomic E-state index is 12.1. The summed E-state index contributed by atoms with van der Waals surface area (Å²) >= 11 is 12.6. The summed E-state index contributed by atoms with van der Waals surface area (Å²) in [5, 5.41) is 3.16. The van der Waals surface area contributed by atoms with Crippen LogP contribution in [-0.4, -0.2) is 10.9 Å². The van der Waals surface area contributed by atoms with Gasteiger partial charge in [0.15, 0.2) is 0 Å². The SMILES string of the molecule is O=C(Nc1cnccc1Cl)c1ccc(Br)cc1Br. The summed E-state index contributed by atoms with van der Waals surface area (Å²) in [6.07, 6.45) is 3.07. The van der Waals surface area contributed by atoms with Crippen LogP contribution in [0, 0.1) is 0 Å².